The monoisotopic (exact) mass is 368 g/mol. The molecule has 1 rings (SSSR count). The van der Waals surface area contributed by atoms with Crippen molar-refractivity contribution in [2.45, 2.75) is 32.8 Å². The van der Waals surface area contributed by atoms with Gasteiger partial charge in [-0.1, -0.05) is 12.1 Å². The van der Waals surface area contributed by atoms with Crippen molar-refractivity contribution in [2.75, 3.05) is 13.2 Å². The molecule has 1 atom stereocenters. The van der Waals surface area contributed by atoms with Crippen LogP contribution in [0.15, 0.2) is 36.1 Å². The minimum absolute atomic E-state index is 0.0286. The van der Waals surface area contributed by atoms with Crippen molar-refractivity contribution in [3.8, 4) is 0 Å². The Hall–Kier alpha value is -2.87. The summed E-state index contributed by atoms with van der Waals surface area (Å²) in [7, 11) is 0. The summed E-state index contributed by atoms with van der Waals surface area (Å²) in [5.74, 6) is -1.96. The molecule has 0 bridgehead atoms. The smallest absolute Gasteiger partial charge is 0.339 e. The summed E-state index contributed by atoms with van der Waals surface area (Å²) in [6.45, 7) is 3.87. The van der Waals surface area contributed by atoms with Gasteiger partial charge < -0.3 is 24.8 Å². The van der Waals surface area contributed by atoms with Crippen molar-refractivity contribution in [1.82, 2.24) is 0 Å². The quantitative estimate of drug-likeness (QED) is 0.262. The number of allylic oxidation sites excluding steroid dienone is 1. The van der Waals surface area contributed by atoms with Crippen molar-refractivity contribution >= 4 is 18.4 Å². The standard InChI is InChI=1S/C17H22O6.CH2O2/c1-12(2)10-22-9-5-6-13(18)11-23-17(21)15-8-4-3-7-14(15)16(19)20;2-1-3/h3-4,7-8,10,13,18H,5-6,9,11H2,1-2H3,(H,19,20);1H,(H,2,3). The third kappa shape index (κ3) is 10.1. The molecule has 0 saturated heterocycles. The Kier molecular flexibility index (Phi) is 11.9. The fraction of sp³-hybridized carbons (Fsp3) is 0.389. The van der Waals surface area contributed by atoms with Crippen LogP contribution in [0.5, 0.6) is 0 Å². The van der Waals surface area contributed by atoms with E-state index in [1.165, 1.54) is 18.2 Å². The Morgan fingerprint density at radius 1 is 1.19 bits per heavy atom. The molecule has 0 amide bonds. The van der Waals surface area contributed by atoms with Crippen molar-refractivity contribution in [2.24, 2.45) is 0 Å². The Bertz CT molecular complexity index is 605. The van der Waals surface area contributed by atoms with Crippen LogP contribution in [0.2, 0.25) is 0 Å². The molecule has 26 heavy (non-hydrogen) atoms. The Balaban J connectivity index is 0.00000194. The number of aliphatic hydroxyl groups is 1. The van der Waals surface area contributed by atoms with E-state index < -0.39 is 18.0 Å². The maximum Gasteiger partial charge on any atom is 0.339 e. The zero-order valence-electron chi connectivity index (χ0n) is 14.8. The van der Waals surface area contributed by atoms with Crippen LogP contribution < -0.4 is 0 Å². The van der Waals surface area contributed by atoms with E-state index in [1.54, 1.807) is 12.3 Å². The van der Waals surface area contributed by atoms with Crippen LogP contribution >= 0.6 is 0 Å². The maximum atomic E-state index is 11.9. The van der Waals surface area contributed by atoms with E-state index in [-0.39, 0.29) is 24.2 Å². The molecule has 0 heterocycles. The van der Waals surface area contributed by atoms with Gasteiger partial charge in [0.15, 0.2) is 0 Å². The molecule has 1 aromatic carbocycles. The number of aliphatic hydroxyl groups excluding tert-OH is 1. The minimum atomic E-state index is -1.20. The first kappa shape index (κ1) is 23.1. The van der Waals surface area contributed by atoms with Crippen molar-refractivity contribution < 1.29 is 39.2 Å². The Morgan fingerprint density at radius 3 is 2.31 bits per heavy atom. The van der Waals surface area contributed by atoms with Gasteiger partial charge in [0.05, 0.1) is 30.1 Å². The van der Waals surface area contributed by atoms with Gasteiger partial charge in [-0.15, -0.1) is 0 Å². The molecule has 1 unspecified atom stereocenters. The average Bonchev–Trinajstić information content (AvgIpc) is 2.59. The highest BCUT2D eigenvalue weighted by Crippen LogP contribution is 2.11. The van der Waals surface area contributed by atoms with E-state index in [0.29, 0.717) is 19.4 Å². The van der Waals surface area contributed by atoms with E-state index in [0.717, 1.165) is 5.57 Å². The molecule has 8 nitrogen and oxygen atoms in total. The third-order valence-electron chi connectivity index (χ3n) is 2.90. The molecule has 0 radical (unpaired) electrons. The summed E-state index contributed by atoms with van der Waals surface area (Å²) < 4.78 is 10.2. The van der Waals surface area contributed by atoms with Gasteiger partial charge in [-0.05, 0) is 44.4 Å². The molecule has 0 aliphatic heterocycles. The number of benzene rings is 1. The molecule has 144 valence electrons. The number of hydrogen-bond acceptors (Lipinski definition) is 6. The second kappa shape index (κ2) is 13.4. The number of carboxylic acid groups (broad SMARTS) is 2. The SMILES string of the molecule is CC(C)=COCCCC(O)COC(=O)c1ccccc1C(=O)O.O=CO. The molecule has 8 heteroatoms. The Morgan fingerprint density at radius 2 is 1.77 bits per heavy atom. The maximum absolute atomic E-state index is 11.9. The number of aromatic carboxylic acids is 1. The summed E-state index contributed by atoms with van der Waals surface area (Å²) in [5, 5.41) is 25.7. The van der Waals surface area contributed by atoms with E-state index in [1.807, 2.05) is 13.8 Å². The van der Waals surface area contributed by atoms with Gasteiger partial charge in [-0.3, -0.25) is 4.79 Å². The first-order chi connectivity index (χ1) is 12.3. The molecule has 0 aromatic heterocycles. The van der Waals surface area contributed by atoms with E-state index in [4.69, 9.17) is 24.5 Å². The molecule has 0 fully saturated rings. The predicted octanol–water partition coefficient (Wildman–Crippen LogP) is 2.32. The summed E-state index contributed by atoms with van der Waals surface area (Å²) in [4.78, 5) is 31.3. The van der Waals surface area contributed by atoms with Gasteiger partial charge in [-0.25, -0.2) is 9.59 Å². The average molecular weight is 368 g/mol. The zero-order valence-corrected chi connectivity index (χ0v) is 14.8. The fourth-order valence-electron chi connectivity index (χ4n) is 1.81. The van der Waals surface area contributed by atoms with Gasteiger partial charge >= 0.3 is 11.9 Å². The number of hydrogen-bond donors (Lipinski definition) is 3. The van der Waals surface area contributed by atoms with Crippen LogP contribution in [-0.4, -0.2) is 53.0 Å². The number of carbonyl (C=O) groups excluding carboxylic acids is 1. The minimum Gasteiger partial charge on any atom is -0.501 e. The lowest BCUT2D eigenvalue weighted by Crippen LogP contribution is -2.20. The topological polar surface area (TPSA) is 130 Å². The lowest BCUT2D eigenvalue weighted by molar-refractivity contribution is -0.122. The van der Waals surface area contributed by atoms with Crippen LogP contribution in [0, 0.1) is 0 Å². The highest BCUT2D eigenvalue weighted by atomic mass is 16.5. The third-order valence-corrected chi connectivity index (χ3v) is 2.90. The number of ether oxygens (including phenoxy) is 2. The summed E-state index contributed by atoms with van der Waals surface area (Å²) in [6, 6.07) is 5.79. The van der Waals surface area contributed by atoms with Gasteiger partial charge in [-0.2, -0.15) is 0 Å². The molecule has 0 spiro atoms. The van der Waals surface area contributed by atoms with Crippen molar-refractivity contribution in [1.29, 1.82) is 0 Å². The summed E-state index contributed by atoms with van der Waals surface area (Å²) in [6.07, 6.45) is 1.87. The number of rotatable bonds is 9. The van der Waals surface area contributed by atoms with E-state index in [9.17, 15) is 14.7 Å². The first-order valence-corrected chi connectivity index (χ1v) is 7.83. The zero-order chi connectivity index (χ0) is 19.9. The van der Waals surface area contributed by atoms with Gasteiger partial charge in [0, 0.05) is 0 Å². The summed E-state index contributed by atoms with van der Waals surface area (Å²) >= 11 is 0. The van der Waals surface area contributed by atoms with Gasteiger partial charge in [0.2, 0.25) is 0 Å². The van der Waals surface area contributed by atoms with Crippen LogP contribution in [0.3, 0.4) is 0 Å². The molecule has 0 aliphatic carbocycles. The number of carbonyl (C=O) groups is 3. The van der Waals surface area contributed by atoms with Crippen LogP contribution in [0.25, 0.3) is 0 Å². The van der Waals surface area contributed by atoms with E-state index >= 15 is 0 Å². The lowest BCUT2D eigenvalue weighted by atomic mass is 10.1. The lowest BCUT2D eigenvalue weighted by Gasteiger charge is -2.12. The normalized spacial score (nSPS) is 10.6. The largest absolute Gasteiger partial charge is 0.501 e. The molecule has 0 aliphatic rings. The van der Waals surface area contributed by atoms with E-state index in [2.05, 4.69) is 0 Å². The van der Waals surface area contributed by atoms with Crippen LogP contribution in [-0.2, 0) is 14.3 Å². The highest BCUT2D eigenvalue weighted by molar-refractivity contribution is 6.02. The number of esters is 1. The fourth-order valence-corrected chi connectivity index (χ4v) is 1.81. The van der Waals surface area contributed by atoms with Gasteiger partial charge in [0.1, 0.15) is 6.61 Å². The molecular weight excluding hydrogens is 344 g/mol. The van der Waals surface area contributed by atoms with Crippen molar-refractivity contribution in [3.63, 3.8) is 0 Å². The Labute approximate surface area is 151 Å². The molecule has 0 saturated carbocycles. The summed E-state index contributed by atoms with van der Waals surface area (Å²) in [5.41, 5.74) is 0.901. The number of carboxylic acids is 1. The van der Waals surface area contributed by atoms with Crippen LogP contribution in [0.4, 0.5) is 0 Å². The van der Waals surface area contributed by atoms with Gasteiger partial charge in [0.25, 0.3) is 6.47 Å². The van der Waals surface area contributed by atoms with Crippen LogP contribution in [0.1, 0.15) is 47.4 Å². The second-order valence-corrected chi connectivity index (χ2v) is 5.42. The predicted molar refractivity (Wildman–Crippen MR) is 93.0 cm³/mol. The first-order valence-electron chi connectivity index (χ1n) is 7.83. The second-order valence-electron chi connectivity index (χ2n) is 5.42. The highest BCUT2D eigenvalue weighted by Gasteiger charge is 2.18. The van der Waals surface area contributed by atoms with Crippen molar-refractivity contribution in [3.05, 3.63) is 47.2 Å². The molecule has 3 N–H and O–H groups in total. The molecular formula is C18H24O8. The molecule has 1 aromatic rings.